The van der Waals surface area contributed by atoms with E-state index in [1.165, 1.54) is 11.9 Å². The average molecular weight is 239 g/mol. The number of anilines is 1. The van der Waals surface area contributed by atoms with Crippen molar-refractivity contribution in [3.05, 3.63) is 23.2 Å². The highest BCUT2D eigenvalue weighted by Gasteiger charge is 2.12. The van der Waals surface area contributed by atoms with E-state index in [1.807, 2.05) is 24.3 Å². The molecule has 1 aromatic carbocycles. The van der Waals surface area contributed by atoms with Gasteiger partial charge >= 0.3 is 0 Å². The summed E-state index contributed by atoms with van der Waals surface area (Å²) in [6.45, 7) is 0.224. The van der Waals surface area contributed by atoms with Crippen molar-refractivity contribution in [1.29, 1.82) is 5.26 Å². The highest BCUT2D eigenvalue weighted by atomic mass is 35.5. The van der Waals surface area contributed by atoms with Crippen molar-refractivity contribution < 1.29 is 0 Å². The van der Waals surface area contributed by atoms with E-state index in [9.17, 15) is 0 Å². The van der Waals surface area contributed by atoms with Crippen LogP contribution in [-0.4, -0.2) is 12.5 Å². The zero-order valence-corrected chi connectivity index (χ0v) is 9.19. The molecule has 76 valence electrons. The minimum absolute atomic E-state index is 0.224. The molecule has 1 aromatic rings. The van der Waals surface area contributed by atoms with Crippen LogP contribution in [0.15, 0.2) is 27.5 Å². The molecule has 1 aliphatic heterocycles. The monoisotopic (exact) mass is 238 g/mol. The number of halogens is 1. The van der Waals surface area contributed by atoms with Crippen LogP contribution < -0.4 is 10.6 Å². The highest BCUT2D eigenvalue weighted by Crippen LogP contribution is 2.33. The number of rotatable bonds is 1. The van der Waals surface area contributed by atoms with Crippen LogP contribution in [0.5, 0.6) is 0 Å². The summed E-state index contributed by atoms with van der Waals surface area (Å²) in [5.41, 5.74) is 0.905. The predicted molar refractivity (Wildman–Crippen MR) is 62.0 cm³/mol. The molecule has 2 rings (SSSR count). The third-order valence-corrected chi connectivity index (χ3v) is 2.83. The number of nitriles is 1. The van der Waals surface area contributed by atoms with Crippen molar-refractivity contribution in [3.8, 4) is 6.07 Å². The summed E-state index contributed by atoms with van der Waals surface area (Å²) < 4.78 is 4.15. The van der Waals surface area contributed by atoms with Gasteiger partial charge in [-0.05, 0) is 18.2 Å². The molecular formula is C9H7ClN4S. The first-order valence-electron chi connectivity index (χ1n) is 4.22. The number of benzene rings is 1. The molecule has 1 aliphatic rings. The minimum atomic E-state index is 0.224. The first-order valence-corrected chi connectivity index (χ1v) is 5.37. The molecule has 0 aromatic heterocycles. The van der Waals surface area contributed by atoms with Gasteiger partial charge in [0.1, 0.15) is 6.54 Å². The molecule has 1 heterocycles. The Labute approximate surface area is 96.5 Å². The number of fused-ring (bicyclic) bond motifs is 1. The SMILES string of the molecule is N#CCNC1=NSc2ccc(Cl)cc2N1. The van der Waals surface area contributed by atoms with Crippen LogP contribution in [0.4, 0.5) is 5.69 Å². The second kappa shape index (κ2) is 4.43. The van der Waals surface area contributed by atoms with Crippen molar-refractivity contribution in [2.75, 3.05) is 11.9 Å². The summed E-state index contributed by atoms with van der Waals surface area (Å²) >= 11 is 7.22. The van der Waals surface area contributed by atoms with E-state index in [1.54, 1.807) is 0 Å². The normalized spacial score (nSPS) is 13.2. The van der Waals surface area contributed by atoms with Gasteiger partial charge in [0.2, 0.25) is 5.96 Å². The molecular weight excluding hydrogens is 232 g/mol. The van der Waals surface area contributed by atoms with Crippen LogP contribution in [0, 0.1) is 11.3 Å². The number of guanidine groups is 1. The fourth-order valence-corrected chi connectivity index (χ4v) is 1.93. The third-order valence-electron chi connectivity index (χ3n) is 1.76. The summed E-state index contributed by atoms with van der Waals surface area (Å²) in [7, 11) is 0. The second-order valence-corrected chi connectivity index (χ2v) is 4.05. The van der Waals surface area contributed by atoms with Gasteiger partial charge in [0.15, 0.2) is 0 Å². The van der Waals surface area contributed by atoms with Gasteiger partial charge in [-0.15, -0.1) is 0 Å². The molecule has 2 N–H and O–H groups in total. The average Bonchev–Trinajstić information content (AvgIpc) is 2.25. The Bertz CT molecular complexity index is 452. The van der Waals surface area contributed by atoms with Gasteiger partial charge in [-0.1, -0.05) is 11.6 Å². The van der Waals surface area contributed by atoms with Gasteiger partial charge in [-0.2, -0.15) is 9.66 Å². The fourth-order valence-electron chi connectivity index (χ4n) is 1.12. The number of hydrogen-bond donors (Lipinski definition) is 2. The molecule has 0 saturated heterocycles. The number of nitrogens with one attached hydrogen (secondary N) is 2. The highest BCUT2D eigenvalue weighted by molar-refractivity contribution is 7.98. The van der Waals surface area contributed by atoms with Crippen LogP contribution in [0.1, 0.15) is 0 Å². The van der Waals surface area contributed by atoms with Crippen molar-refractivity contribution >= 4 is 35.2 Å². The van der Waals surface area contributed by atoms with Gasteiger partial charge in [-0.3, -0.25) is 0 Å². The second-order valence-electron chi connectivity index (χ2n) is 2.81. The maximum Gasteiger partial charge on any atom is 0.208 e. The molecule has 0 radical (unpaired) electrons. The molecule has 0 fully saturated rings. The van der Waals surface area contributed by atoms with E-state index in [0.717, 1.165) is 10.6 Å². The molecule has 0 spiro atoms. The predicted octanol–water partition coefficient (Wildman–Crippen LogP) is 2.24. The standard InChI is InChI=1S/C9H7ClN4S/c10-6-1-2-8-7(5-6)13-9(14-15-8)12-4-3-11/h1-2,5H,4H2,(H2,12,13,14). The Kier molecular flexibility index (Phi) is 2.99. The minimum Gasteiger partial charge on any atom is -0.342 e. The molecule has 15 heavy (non-hydrogen) atoms. The first-order chi connectivity index (χ1) is 7.29. The van der Waals surface area contributed by atoms with Crippen LogP contribution in [0.3, 0.4) is 0 Å². The largest absolute Gasteiger partial charge is 0.342 e. The van der Waals surface area contributed by atoms with Gasteiger partial charge < -0.3 is 10.6 Å². The van der Waals surface area contributed by atoms with Crippen LogP contribution >= 0.6 is 23.5 Å². The van der Waals surface area contributed by atoms with E-state index < -0.39 is 0 Å². The molecule has 0 aliphatic carbocycles. The van der Waals surface area contributed by atoms with E-state index in [0.29, 0.717) is 11.0 Å². The molecule has 0 bridgehead atoms. The van der Waals surface area contributed by atoms with Crippen molar-refractivity contribution in [1.82, 2.24) is 5.32 Å². The van der Waals surface area contributed by atoms with Gasteiger partial charge in [-0.25, -0.2) is 0 Å². The zero-order valence-electron chi connectivity index (χ0n) is 7.62. The number of nitrogens with zero attached hydrogens (tertiary/aromatic N) is 2. The molecule has 0 amide bonds. The maximum atomic E-state index is 8.41. The lowest BCUT2D eigenvalue weighted by molar-refractivity contribution is 1.04. The Balaban J connectivity index is 2.15. The smallest absolute Gasteiger partial charge is 0.208 e. The quantitative estimate of drug-likeness (QED) is 0.582. The van der Waals surface area contributed by atoms with Crippen molar-refractivity contribution in [2.45, 2.75) is 4.90 Å². The Hall–Kier alpha value is -1.38. The van der Waals surface area contributed by atoms with Crippen molar-refractivity contribution in [2.24, 2.45) is 4.40 Å². The summed E-state index contributed by atoms with van der Waals surface area (Å²) in [4.78, 5) is 1.02. The Morgan fingerprint density at radius 3 is 3.27 bits per heavy atom. The lowest BCUT2D eigenvalue weighted by Gasteiger charge is -2.17. The number of hydrogen-bond acceptors (Lipinski definition) is 5. The maximum absolute atomic E-state index is 8.41. The molecule has 0 saturated carbocycles. The Morgan fingerprint density at radius 2 is 2.47 bits per heavy atom. The topological polar surface area (TPSA) is 60.2 Å². The lowest BCUT2D eigenvalue weighted by Crippen LogP contribution is -2.31. The van der Waals surface area contributed by atoms with Gasteiger partial charge in [0, 0.05) is 17.0 Å². The molecule has 0 unspecified atom stereocenters. The van der Waals surface area contributed by atoms with Gasteiger partial charge in [0.25, 0.3) is 0 Å². The Morgan fingerprint density at radius 1 is 1.60 bits per heavy atom. The molecule has 4 nitrogen and oxygen atoms in total. The summed E-state index contributed by atoms with van der Waals surface area (Å²) in [5.74, 6) is 0.580. The van der Waals surface area contributed by atoms with E-state index >= 15 is 0 Å². The lowest BCUT2D eigenvalue weighted by atomic mass is 10.3. The summed E-state index contributed by atoms with van der Waals surface area (Å²) in [6.07, 6.45) is 0. The fraction of sp³-hybridized carbons (Fsp3) is 0.111. The van der Waals surface area contributed by atoms with E-state index in [-0.39, 0.29) is 6.54 Å². The summed E-state index contributed by atoms with van der Waals surface area (Å²) in [5, 5.41) is 15.0. The van der Waals surface area contributed by atoms with E-state index in [2.05, 4.69) is 15.0 Å². The van der Waals surface area contributed by atoms with Crippen LogP contribution in [0.25, 0.3) is 0 Å². The molecule has 0 atom stereocenters. The van der Waals surface area contributed by atoms with Gasteiger partial charge in [0.05, 0.1) is 16.7 Å². The van der Waals surface area contributed by atoms with Crippen LogP contribution in [0.2, 0.25) is 5.02 Å². The summed E-state index contributed by atoms with van der Waals surface area (Å²) in [6, 6.07) is 7.53. The van der Waals surface area contributed by atoms with E-state index in [4.69, 9.17) is 16.9 Å². The van der Waals surface area contributed by atoms with Crippen molar-refractivity contribution in [3.63, 3.8) is 0 Å². The third kappa shape index (κ3) is 2.35. The molecule has 6 heteroatoms. The first kappa shape index (κ1) is 10.1. The van der Waals surface area contributed by atoms with Crippen LogP contribution in [-0.2, 0) is 0 Å². The zero-order chi connectivity index (χ0) is 10.7.